The molecule has 0 atom stereocenters. The Kier molecular flexibility index (Phi) is 3.12. The maximum absolute atomic E-state index is 5.46. The van der Waals surface area contributed by atoms with Crippen molar-refractivity contribution >= 4 is 0 Å². The summed E-state index contributed by atoms with van der Waals surface area (Å²) in [6.07, 6.45) is 10.3. The molecular formula is C16H27NO. The highest BCUT2D eigenvalue weighted by Crippen LogP contribution is 2.53. The first-order valence-electron chi connectivity index (χ1n) is 8.19. The van der Waals surface area contributed by atoms with Crippen molar-refractivity contribution in [1.82, 2.24) is 5.32 Å². The second-order valence-corrected chi connectivity index (χ2v) is 7.42. The molecule has 2 nitrogen and oxygen atoms in total. The van der Waals surface area contributed by atoms with Gasteiger partial charge in [-0.3, -0.25) is 0 Å². The number of hydrogen-bond donors (Lipinski definition) is 1. The topological polar surface area (TPSA) is 21.3 Å². The molecule has 1 heterocycles. The number of rotatable bonds is 3. The lowest BCUT2D eigenvalue weighted by atomic mass is 9.54. The average Bonchev–Trinajstić information content (AvgIpc) is 2.38. The van der Waals surface area contributed by atoms with Crippen LogP contribution in [0, 0.1) is 29.6 Å². The van der Waals surface area contributed by atoms with Crippen LogP contribution in [0.2, 0.25) is 0 Å². The van der Waals surface area contributed by atoms with E-state index in [0.29, 0.717) is 0 Å². The van der Waals surface area contributed by atoms with Gasteiger partial charge >= 0.3 is 0 Å². The van der Waals surface area contributed by atoms with E-state index >= 15 is 0 Å². The molecule has 4 saturated carbocycles. The van der Waals surface area contributed by atoms with Crippen LogP contribution in [-0.4, -0.2) is 25.8 Å². The van der Waals surface area contributed by atoms with Gasteiger partial charge in [0.25, 0.3) is 0 Å². The zero-order chi connectivity index (χ0) is 11.9. The molecule has 1 saturated heterocycles. The minimum atomic E-state index is 0.876. The quantitative estimate of drug-likeness (QED) is 0.830. The maximum atomic E-state index is 5.46. The molecule has 4 bridgehead atoms. The third-order valence-electron chi connectivity index (χ3n) is 6.21. The van der Waals surface area contributed by atoms with Gasteiger partial charge in [0.05, 0.1) is 0 Å². The molecule has 0 amide bonds. The smallest absolute Gasteiger partial charge is 0.0469 e. The van der Waals surface area contributed by atoms with Crippen LogP contribution in [0.5, 0.6) is 0 Å². The summed E-state index contributed by atoms with van der Waals surface area (Å²) in [6.45, 7) is 3.25. The van der Waals surface area contributed by atoms with Crippen molar-refractivity contribution in [3.05, 3.63) is 0 Å². The van der Waals surface area contributed by atoms with Crippen molar-refractivity contribution in [1.29, 1.82) is 0 Å². The Morgan fingerprint density at radius 2 is 1.44 bits per heavy atom. The molecule has 0 unspecified atom stereocenters. The van der Waals surface area contributed by atoms with Gasteiger partial charge in [-0.25, -0.2) is 0 Å². The molecule has 102 valence electrons. The minimum Gasteiger partial charge on any atom is -0.381 e. The lowest BCUT2D eigenvalue weighted by molar-refractivity contribution is -0.0173. The van der Waals surface area contributed by atoms with Crippen LogP contribution < -0.4 is 5.32 Å². The third-order valence-corrected chi connectivity index (χ3v) is 6.21. The van der Waals surface area contributed by atoms with Gasteiger partial charge in [-0.15, -0.1) is 0 Å². The molecular weight excluding hydrogens is 222 g/mol. The van der Waals surface area contributed by atoms with Crippen LogP contribution in [0.1, 0.15) is 44.9 Å². The van der Waals surface area contributed by atoms with Crippen molar-refractivity contribution < 1.29 is 4.74 Å². The van der Waals surface area contributed by atoms with E-state index in [1.54, 1.807) is 32.1 Å². The van der Waals surface area contributed by atoms with E-state index < -0.39 is 0 Å². The molecule has 0 aromatic carbocycles. The van der Waals surface area contributed by atoms with Crippen molar-refractivity contribution in [2.75, 3.05) is 19.8 Å². The second kappa shape index (κ2) is 4.79. The van der Waals surface area contributed by atoms with Crippen LogP contribution in [-0.2, 0) is 4.74 Å². The van der Waals surface area contributed by atoms with Gasteiger partial charge in [-0.2, -0.15) is 0 Å². The van der Waals surface area contributed by atoms with E-state index in [4.69, 9.17) is 4.74 Å². The molecule has 0 spiro atoms. The zero-order valence-electron chi connectivity index (χ0n) is 11.4. The van der Waals surface area contributed by atoms with E-state index in [0.717, 1.165) is 48.8 Å². The number of hydrogen-bond acceptors (Lipinski definition) is 2. The van der Waals surface area contributed by atoms with Gasteiger partial charge in [0.15, 0.2) is 0 Å². The Morgan fingerprint density at radius 1 is 0.833 bits per heavy atom. The van der Waals surface area contributed by atoms with Gasteiger partial charge in [0, 0.05) is 19.3 Å². The van der Waals surface area contributed by atoms with Crippen molar-refractivity contribution in [2.45, 2.75) is 51.0 Å². The van der Waals surface area contributed by atoms with Crippen LogP contribution in [0.25, 0.3) is 0 Å². The molecule has 5 aliphatic rings. The normalized spacial score (nSPS) is 47.7. The Labute approximate surface area is 111 Å². The fourth-order valence-corrected chi connectivity index (χ4v) is 5.51. The molecule has 1 aliphatic heterocycles. The highest BCUT2D eigenvalue weighted by Gasteiger charge is 2.47. The first kappa shape index (κ1) is 11.7. The van der Waals surface area contributed by atoms with E-state index in [9.17, 15) is 0 Å². The third kappa shape index (κ3) is 2.12. The monoisotopic (exact) mass is 249 g/mol. The van der Waals surface area contributed by atoms with Crippen molar-refractivity contribution in [3.8, 4) is 0 Å². The van der Waals surface area contributed by atoms with Crippen molar-refractivity contribution in [3.63, 3.8) is 0 Å². The van der Waals surface area contributed by atoms with Crippen molar-refractivity contribution in [2.24, 2.45) is 29.6 Å². The standard InChI is InChI=1S/C16H27NO/c1-3-18-4-2-11(1)10-17-16-14-6-12-5-13(8-14)9-15(16)7-12/h11-17H,1-10H2. The Balaban J connectivity index is 1.34. The first-order chi connectivity index (χ1) is 8.88. The van der Waals surface area contributed by atoms with Crippen LogP contribution >= 0.6 is 0 Å². The lowest BCUT2D eigenvalue weighted by Crippen LogP contribution is -2.55. The minimum absolute atomic E-state index is 0.876. The summed E-state index contributed by atoms with van der Waals surface area (Å²) in [7, 11) is 0. The Bertz CT molecular complexity index is 269. The highest BCUT2D eigenvalue weighted by atomic mass is 16.5. The summed E-state index contributed by atoms with van der Waals surface area (Å²) in [4.78, 5) is 0. The van der Waals surface area contributed by atoms with E-state index in [1.165, 1.54) is 19.4 Å². The lowest BCUT2D eigenvalue weighted by Gasteiger charge is -2.54. The maximum Gasteiger partial charge on any atom is 0.0469 e. The first-order valence-corrected chi connectivity index (χ1v) is 8.19. The summed E-state index contributed by atoms with van der Waals surface area (Å²) in [6, 6.07) is 0.876. The number of ether oxygens (including phenoxy) is 1. The average molecular weight is 249 g/mol. The van der Waals surface area contributed by atoms with Gasteiger partial charge in [-0.05, 0) is 81.1 Å². The highest BCUT2D eigenvalue weighted by molar-refractivity contribution is 5.01. The molecule has 5 rings (SSSR count). The Morgan fingerprint density at radius 3 is 2.06 bits per heavy atom. The van der Waals surface area contributed by atoms with Gasteiger partial charge in [0.2, 0.25) is 0 Å². The summed E-state index contributed by atoms with van der Waals surface area (Å²) in [5.41, 5.74) is 0. The molecule has 5 fully saturated rings. The van der Waals surface area contributed by atoms with Gasteiger partial charge in [-0.1, -0.05) is 0 Å². The molecule has 0 radical (unpaired) electrons. The number of nitrogens with one attached hydrogen (secondary N) is 1. The second-order valence-electron chi connectivity index (χ2n) is 7.42. The van der Waals surface area contributed by atoms with Crippen LogP contribution in [0.15, 0.2) is 0 Å². The Hall–Kier alpha value is -0.0800. The summed E-state index contributed by atoms with van der Waals surface area (Å²) in [5.74, 6) is 5.15. The summed E-state index contributed by atoms with van der Waals surface area (Å²) >= 11 is 0. The van der Waals surface area contributed by atoms with Gasteiger partial charge < -0.3 is 10.1 Å². The predicted molar refractivity (Wildman–Crippen MR) is 72.4 cm³/mol. The van der Waals surface area contributed by atoms with Gasteiger partial charge in [0.1, 0.15) is 0 Å². The van der Waals surface area contributed by atoms with E-state index in [-0.39, 0.29) is 0 Å². The van der Waals surface area contributed by atoms with E-state index in [1.807, 2.05) is 0 Å². The van der Waals surface area contributed by atoms with Crippen LogP contribution in [0.4, 0.5) is 0 Å². The van der Waals surface area contributed by atoms with Crippen LogP contribution in [0.3, 0.4) is 0 Å². The fraction of sp³-hybridized carbons (Fsp3) is 1.00. The predicted octanol–water partition coefficient (Wildman–Crippen LogP) is 2.83. The summed E-state index contributed by atoms with van der Waals surface area (Å²) in [5, 5.41) is 3.98. The SMILES string of the molecule is C1CC(CNC2C3CC4CC(C3)CC2C4)CCO1. The molecule has 0 aromatic rings. The largest absolute Gasteiger partial charge is 0.381 e. The van der Waals surface area contributed by atoms with E-state index in [2.05, 4.69) is 5.32 Å². The molecule has 2 heteroatoms. The molecule has 4 aliphatic carbocycles. The summed E-state index contributed by atoms with van der Waals surface area (Å²) < 4.78 is 5.46. The zero-order valence-corrected chi connectivity index (χ0v) is 11.4. The molecule has 1 N–H and O–H groups in total. The molecule has 0 aromatic heterocycles. The molecule has 18 heavy (non-hydrogen) atoms. The fourth-order valence-electron chi connectivity index (χ4n) is 5.51.